The molecule has 1 fully saturated rings. The zero-order chi connectivity index (χ0) is 17.2. The molecule has 0 atom stereocenters. The van der Waals surface area contributed by atoms with Crippen LogP contribution in [0.1, 0.15) is 30.9 Å². The lowest BCUT2D eigenvalue weighted by atomic mass is 10.1. The van der Waals surface area contributed by atoms with Crippen LogP contribution in [0.25, 0.3) is 0 Å². The molecular weight excluding hydrogens is 429 g/mol. The second kappa shape index (κ2) is 12.5. The Hall–Kier alpha value is -0.860. The van der Waals surface area contributed by atoms with Gasteiger partial charge in [-0.25, -0.2) is 4.99 Å². The largest absolute Gasteiger partial charge is 0.380 e. The van der Waals surface area contributed by atoms with Gasteiger partial charge in [0.25, 0.3) is 0 Å². The molecule has 0 aliphatic heterocycles. The van der Waals surface area contributed by atoms with Crippen molar-refractivity contribution in [2.75, 3.05) is 40.5 Å². The summed E-state index contributed by atoms with van der Waals surface area (Å²) in [5, 5.41) is 3.35. The van der Waals surface area contributed by atoms with Crippen LogP contribution in [0.2, 0.25) is 0 Å². The Morgan fingerprint density at radius 1 is 1.24 bits per heavy atom. The van der Waals surface area contributed by atoms with Crippen LogP contribution in [-0.2, 0) is 22.6 Å². The monoisotopic (exact) mass is 461 g/mol. The summed E-state index contributed by atoms with van der Waals surface area (Å²) in [5.74, 6) is 1.74. The molecule has 1 saturated carbocycles. The van der Waals surface area contributed by atoms with E-state index in [1.807, 2.05) is 0 Å². The number of guanidine groups is 1. The highest BCUT2D eigenvalue weighted by Crippen LogP contribution is 2.28. The average molecular weight is 461 g/mol. The first-order valence-corrected chi connectivity index (χ1v) is 8.87. The topological polar surface area (TPSA) is 46.1 Å². The van der Waals surface area contributed by atoms with Gasteiger partial charge in [-0.2, -0.15) is 0 Å². The van der Waals surface area contributed by atoms with Gasteiger partial charge in [0, 0.05) is 33.9 Å². The maximum atomic E-state index is 5.72. The van der Waals surface area contributed by atoms with E-state index in [0.717, 1.165) is 38.2 Å². The number of halogens is 1. The van der Waals surface area contributed by atoms with Crippen molar-refractivity contribution in [3.63, 3.8) is 0 Å². The summed E-state index contributed by atoms with van der Waals surface area (Å²) < 4.78 is 10.9. The summed E-state index contributed by atoms with van der Waals surface area (Å²) in [6, 6.07) is 8.41. The van der Waals surface area contributed by atoms with E-state index < -0.39 is 0 Å². The molecule has 1 aliphatic rings. The number of hydrogen-bond acceptors (Lipinski definition) is 3. The number of likely N-dealkylation sites (N-methyl/N-ethyl adjacent to an activating group) is 1. The molecule has 0 saturated heterocycles. The number of benzene rings is 1. The highest BCUT2D eigenvalue weighted by molar-refractivity contribution is 14.0. The minimum Gasteiger partial charge on any atom is -0.380 e. The number of aliphatic imine (C=N–C) groups is 1. The molecule has 1 aliphatic carbocycles. The maximum absolute atomic E-state index is 5.72. The number of nitrogens with one attached hydrogen (secondary N) is 1. The van der Waals surface area contributed by atoms with E-state index in [9.17, 15) is 0 Å². The second-order valence-electron chi connectivity index (χ2n) is 6.36. The van der Waals surface area contributed by atoms with Crippen molar-refractivity contribution in [3.8, 4) is 0 Å². The van der Waals surface area contributed by atoms with Crippen molar-refractivity contribution in [1.82, 2.24) is 10.2 Å². The maximum Gasteiger partial charge on any atom is 0.194 e. The summed E-state index contributed by atoms with van der Waals surface area (Å²) in [6.07, 6.45) is 2.67. The number of ether oxygens (including phenoxy) is 2. The highest BCUT2D eigenvalue weighted by atomic mass is 127. The van der Waals surface area contributed by atoms with Crippen molar-refractivity contribution in [1.29, 1.82) is 0 Å². The minimum atomic E-state index is 0. The molecule has 1 aromatic rings. The first kappa shape index (κ1) is 22.2. The second-order valence-corrected chi connectivity index (χ2v) is 6.36. The first-order chi connectivity index (χ1) is 11.7. The van der Waals surface area contributed by atoms with Crippen LogP contribution in [0.15, 0.2) is 29.3 Å². The van der Waals surface area contributed by atoms with Gasteiger partial charge in [-0.05, 0) is 36.8 Å². The fraction of sp³-hybridized carbons (Fsp3) is 0.632. The van der Waals surface area contributed by atoms with Crippen molar-refractivity contribution in [2.45, 2.75) is 32.9 Å². The van der Waals surface area contributed by atoms with Gasteiger partial charge in [0.1, 0.15) is 0 Å². The summed E-state index contributed by atoms with van der Waals surface area (Å²) in [7, 11) is 3.77. The summed E-state index contributed by atoms with van der Waals surface area (Å²) >= 11 is 0. The van der Waals surface area contributed by atoms with Gasteiger partial charge in [0.15, 0.2) is 5.96 Å². The third-order valence-electron chi connectivity index (χ3n) is 4.06. The molecule has 142 valence electrons. The van der Waals surface area contributed by atoms with E-state index in [-0.39, 0.29) is 24.0 Å². The molecule has 6 heteroatoms. The van der Waals surface area contributed by atoms with Crippen LogP contribution in [-0.4, -0.2) is 51.3 Å². The predicted molar refractivity (Wildman–Crippen MR) is 114 cm³/mol. The summed E-state index contributed by atoms with van der Waals surface area (Å²) in [6.45, 7) is 6.79. The summed E-state index contributed by atoms with van der Waals surface area (Å²) in [4.78, 5) is 6.86. The van der Waals surface area contributed by atoms with Crippen LogP contribution in [0, 0.1) is 5.92 Å². The smallest absolute Gasteiger partial charge is 0.194 e. The zero-order valence-electron chi connectivity index (χ0n) is 15.7. The quantitative estimate of drug-likeness (QED) is 0.252. The molecule has 0 heterocycles. The van der Waals surface area contributed by atoms with Gasteiger partial charge in [-0.3, -0.25) is 0 Å². The number of methoxy groups -OCH3 is 1. The number of hydrogen-bond donors (Lipinski definition) is 1. The molecular formula is C19H32IN3O2. The van der Waals surface area contributed by atoms with E-state index in [1.54, 1.807) is 7.11 Å². The van der Waals surface area contributed by atoms with Gasteiger partial charge in [-0.15, -0.1) is 24.0 Å². The summed E-state index contributed by atoms with van der Waals surface area (Å²) in [5.41, 5.74) is 2.38. The Bertz CT molecular complexity index is 504. The first-order valence-electron chi connectivity index (χ1n) is 8.87. The van der Waals surface area contributed by atoms with Crippen LogP contribution in [0.5, 0.6) is 0 Å². The number of rotatable bonds is 10. The lowest BCUT2D eigenvalue weighted by Crippen LogP contribution is -2.40. The molecule has 0 bridgehead atoms. The zero-order valence-corrected chi connectivity index (χ0v) is 18.0. The fourth-order valence-electron chi connectivity index (χ4n) is 2.39. The Morgan fingerprint density at radius 3 is 2.52 bits per heavy atom. The number of nitrogens with zero attached hydrogens (tertiary/aromatic N) is 2. The molecule has 0 amide bonds. The third-order valence-corrected chi connectivity index (χ3v) is 4.06. The van der Waals surface area contributed by atoms with E-state index in [1.165, 1.54) is 24.0 Å². The van der Waals surface area contributed by atoms with E-state index in [4.69, 9.17) is 14.5 Å². The molecule has 0 aromatic heterocycles. The Labute approximate surface area is 169 Å². The standard InChI is InChI=1S/C19H31N3O2.HI/c1-4-20-19(22(2)11-12-24-15-18-9-10-18)21-13-16-5-7-17(8-6-16)14-23-3;/h5-8,18H,4,9-15H2,1-3H3,(H,20,21);1H. The Kier molecular flexibility index (Phi) is 11.1. The average Bonchev–Trinajstić information content (AvgIpc) is 3.41. The van der Waals surface area contributed by atoms with Gasteiger partial charge >= 0.3 is 0 Å². The lowest BCUT2D eigenvalue weighted by molar-refractivity contribution is 0.115. The van der Waals surface area contributed by atoms with Gasteiger partial charge < -0.3 is 19.7 Å². The van der Waals surface area contributed by atoms with Crippen molar-refractivity contribution in [2.24, 2.45) is 10.9 Å². The Balaban J connectivity index is 0.00000312. The Morgan fingerprint density at radius 2 is 1.92 bits per heavy atom. The van der Waals surface area contributed by atoms with E-state index in [0.29, 0.717) is 13.2 Å². The van der Waals surface area contributed by atoms with Gasteiger partial charge in [0.05, 0.1) is 19.8 Å². The molecule has 1 aromatic carbocycles. The third kappa shape index (κ3) is 8.87. The van der Waals surface area contributed by atoms with Gasteiger partial charge in [0.2, 0.25) is 0 Å². The molecule has 25 heavy (non-hydrogen) atoms. The van der Waals surface area contributed by atoms with Crippen LogP contribution >= 0.6 is 24.0 Å². The fourth-order valence-corrected chi connectivity index (χ4v) is 2.39. The minimum absolute atomic E-state index is 0. The van der Waals surface area contributed by atoms with Crippen molar-refractivity contribution < 1.29 is 9.47 Å². The van der Waals surface area contributed by atoms with E-state index >= 15 is 0 Å². The van der Waals surface area contributed by atoms with Crippen molar-refractivity contribution >= 4 is 29.9 Å². The van der Waals surface area contributed by atoms with E-state index in [2.05, 4.69) is 48.5 Å². The van der Waals surface area contributed by atoms with Crippen LogP contribution < -0.4 is 5.32 Å². The highest BCUT2D eigenvalue weighted by Gasteiger charge is 2.21. The van der Waals surface area contributed by atoms with Crippen LogP contribution in [0.3, 0.4) is 0 Å². The van der Waals surface area contributed by atoms with Crippen molar-refractivity contribution in [3.05, 3.63) is 35.4 Å². The van der Waals surface area contributed by atoms with Gasteiger partial charge in [-0.1, -0.05) is 24.3 Å². The molecule has 2 rings (SSSR count). The SMILES string of the molecule is CCNC(=NCc1ccc(COC)cc1)N(C)CCOCC1CC1.I. The molecule has 1 N–H and O–H groups in total. The lowest BCUT2D eigenvalue weighted by Gasteiger charge is -2.22. The molecule has 0 radical (unpaired) electrons. The molecule has 0 unspecified atom stereocenters. The molecule has 0 spiro atoms. The van der Waals surface area contributed by atoms with Crippen LogP contribution in [0.4, 0.5) is 0 Å². The molecule has 5 nitrogen and oxygen atoms in total. The normalized spacial score (nSPS) is 14.1. The predicted octanol–water partition coefficient (Wildman–Crippen LogP) is 3.27.